The molecule has 0 atom stereocenters. The Balaban J connectivity index is 1.78. The number of aromatic nitrogens is 1. The van der Waals surface area contributed by atoms with Gasteiger partial charge in [-0.2, -0.15) is 0 Å². The number of Topliss-reactive ketones (excluding diaryl/α,β-unsaturated/α-hetero) is 1. The SMILES string of the molecule is COc1ccc(CC(=O)c2cn(-c3ccccc3)c3ccc(/C=C/C(=O)O)cc23)cc1. The molecular formula is C26H21NO4. The molecule has 5 nitrogen and oxygen atoms in total. The van der Waals surface area contributed by atoms with Crippen molar-refractivity contribution in [3.8, 4) is 11.4 Å². The Morgan fingerprint density at radius 1 is 1.00 bits per heavy atom. The average molecular weight is 411 g/mol. The lowest BCUT2D eigenvalue weighted by molar-refractivity contribution is -0.131. The maximum atomic E-state index is 13.2. The zero-order valence-corrected chi connectivity index (χ0v) is 17.0. The number of nitrogens with zero attached hydrogens (tertiary/aromatic N) is 1. The zero-order valence-electron chi connectivity index (χ0n) is 17.0. The Kier molecular flexibility index (Phi) is 5.67. The molecule has 154 valence electrons. The van der Waals surface area contributed by atoms with Gasteiger partial charge in [-0.25, -0.2) is 4.79 Å². The van der Waals surface area contributed by atoms with E-state index < -0.39 is 5.97 Å². The highest BCUT2D eigenvalue weighted by Gasteiger charge is 2.17. The number of fused-ring (bicyclic) bond motifs is 1. The summed E-state index contributed by atoms with van der Waals surface area (Å²) in [5.74, 6) is -0.284. The van der Waals surface area contributed by atoms with Gasteiger partial charge in [0.05, 0.1) is 12.6 Å². The van der Waals surface area contributed by atoms with Crippen LogP contribution in [0.15, 0.2) is 85.1 Å². The van der Waals surface area contributed by atoms with E-state index in [1.165, 1.54) is 6.08 Å². The fraction of sp³-hybridized carbons (Fsp3) is 0.0769. The number of aliphatic carboxylic acids is 1. The molecule has 0 radical (unpaired) electrons. The molecule has 0 saturated carbocycles. The third kappa shape index (κ3) is 4.41. The summed E-state index contributed by atoms with van der Waals surface area (Å²) >= 11 is 0. The zero-order chi connectivity index (χ0) is 21.8. The first-order chi connectivity index (χ1) is 15.0. The maximum absolute atomic E-state index is 13.2. The summed E-state index contributed by atoms with van der Waals surface area (Å²) in [7, 11) is 1.61. The maximum Gasteiger partial charge on any atom is 0.328 e. The Morgan fingerprint density at radius 3 is 2.42 bits per heavy atom. The lowest BCUT2D eigenvalue weighted by atomic mass is 10.0. The van der Waals surface area contributed by atoms with Crippen LogP contribution in [0.1, 0.15) is 21.5 Å². The Bertz CT molecular complexity index is 1270. The quantitative estimate of drug-likeness (QED) is 0.337. The van der Waals surface area contributed by atoms with Crippen molar-refractivity contribution in [2.24, 2.45) is 0 Å². The number of ketones is 1. The second-order valence-electron chi connectivity index (χ2n) is 7.14. The Morgan fingerprint density at radius 2 is 1.74 bits per heavy atom. The first-order valence-corrected chi connectivity index (χ1v) is 9.83. The van der Waals surface area contributed by atoms with Crippen LogP contribution in [-0.4, -0.2) is 28.5 Å². The second kappa shape index (κ2) is 8.71. The van der Waals surface area contributed by atoms with Crippen LogP contribution in [0.25, 0.3) is 22.7 Å². The van der Waals surface area contributed by atoms with Crippen LogP contribution in [0.3, 0.4) is 0 Å². The van der Waals surface area contributed by atoms with Gasteiger partial charge >= 0.3 is 5.97 Å². The van der Waals surface area contributed by atoms with Crippen LogP contribution < -0.4 is 4.74 Å². The summed E-state index contributed by atoms with van der Waals surface area (Å²) in [5, 5.41) is 9.72. The predicted molar refractivity (Wildman–Crippen MR) is 121 cm³/mol. The largest absolute Gasteiger partial charge is 0.497 e. The van der Waals surface area contributed by atoms with E-state index >= 15 is 0 Å². The number of benzene rings is 3. The molecule has 0 aliphatic heterocycles. The number of carbonyl (C=O) groups excluding carboxylic acids is 1. The highest BCUT2D eigenvalue weighted by Crippen LogP contribution is 2.28. The molecule has 3 aromatic carbocycles. The third-order valence-corrected chi connectivity index (χ3v) is 5.11. The second-order valence-corrected chi connectivity index (χ2v) is 7.14. The number of para-hydroxylation sites is 1. The van der Waals surface area contributed by atoms with Crippen LogP contribution >= 0.6 is 0 Å². The molecule has 1 aromatic heterocycles. The van der Waals surface area contributed by atoms with Crippen molar-refractivity contribution in [2.45, 2.75) is 6.42 Å². The minimum absolute atomic E-state index is 0.00999. The van der Waals surface area contributed by atoms with Gasteiger partial charge in [-0.1, -0.05) is 36.4 Å². The van der Waals surface area contributed by atoms with Gasteiger partial charge in [0.15, 0.2) is 5.78 Å². The number of rotatable bonds is 7. The van der Waals surface area contributed by atoms with Crippen LogP contribution in [0.4, 0.5) is 0 Å². The lowest BCUT2D eigenvalue weighted by Crippen LogP contribution is -2.03. The van der Waals surface area contributed by atoms with Gasteiger partial charge in [0.25, 0.3) is 0 Å². The molecule has 0 fully saturated rings. The monoisotopic (exact) mass is 411 g/mol. The molecule has 31 heavy (non-hydrogen) atoms. The molecule has 5 heteroatoms. The summed E-state index contributed by atoms with van der Waals surface area (Å²) in [5.41, 5.74) is 4.05. The third-order valence-electron chi connectivity index (χ3n) is 5.11. The van der Waals surface area contributed by atoms with Crippen molar-refractivity contribution in [3.63, 3.8) is 0 Å². The highest BCUT2D eigenvalue weighted by molar-refractivity contribution is 6.09. The lowest BCUT2D eigenvalue weighted by Gasteiger charge is -2.05. The fourth-order valence-corrected chi connectivity index (χ4v) is 3.57. The summed E-state index contributed by atoms with van der Waals surface area (Å²) in [4.78, 5) is 24.1. The van der Waals surface area contributed by atoms with Gasteiger partial charge in [0, 0.05) is 35.3 Å². The van der Waals surface area contributed by atoms with Crippen LogP contribution in [0.2, 0.25) is 0 Å². The topological polar surface area (TPSA) is 68.5 Å². The fourth-order valence-electron chi connectivity index (χ4n) is 3.57. The van der Waals surface area contributed by atoms with Gasteiger partial charge in [0.1, 0.15) is 5.75 Å². The number of hydrogen-bond donors (Lipinski definition) is 1. The number of carboxylic acids is 1. The Labute approximate surface area is 179 Å². The molecule has 0 bridgehead atoms. The normalized spacial score (nSPS) is 11.1. The van der Waals surface area contributed by atoms with Crippen molar-refractivity contribution < 1.29 is 19.4 Å². The van der Waals surface area contributed by atoms with E-state index in [1.807, 2.05) is 83.6 Å². The van der Waals surface area contributed by atoms with Gasteiger partial charge < -0.3 is 14.4 Å². The molecule has 1 N–H and O–H groups in total. The van der Waals surface area contributed by atoms with Crippen molar-refractivity contribution in [1.82, 2.24) is 4.57 Å². The van der Waals surface area contributed by atoms with E-state index in [9.17, 15) is 9.59 Å². The highest BCUT2D eigenvalue weighted by atomic mass is 16.5. The van der Waals surface area contributed by atoms with Gasteiger partial charge in [0.2, 0.25) is 0 Å². The van der Waals surface area contributed by atoms with E-state index in [4.69, 9.17) is 9.84 Å². The van der Waals surface area contributed by atoms with Crippen LogP contribution in [0, 0.1) is 0 Å². The molecular weight excluding hydrogens is 390 g/mol. The standard InChI is InChI=1S/C26H21NO4/c1-31-21-11-7-19(8-12-21)16-25(28)23-17-27(20-5-3-2-4-6-20)24-13-9-18(15-22(23)24)10-14-26(29)30/h2-15,17H,16H2,1H3,(H,29,30)/b14-10+. The molecule has 0 aliphatic carbocycles. The first-order valence-electron chi connectivity index (χ1n) is 9.83. The molecule has 4 rings (SSSR count). The number of methoxy groups -OCH3 is 1. The van der Waals surface area contributed by atoms with E-state index in [1.54, 1.807) is 7.11 Å². The molecule has 4 aromatic rings. The molecule has 0 unspecified atom stereocenters. The molecule has 1 heterocycles. The van der Waals surface area contributed by atoms with Crippen molar-refractivity contribution in [3.05, 3.63) is 102 Å². The summed E-state index contributed by atoms with van der Waals surface area (Å²) in [6.45, 7) is 0. The van der Waals surface area contributed by atoms with Gasteiger partial charge in [-0.3, -0.25) is 4.79 Å². The number of carboxylic acid groups (broad SMARTS) is 1. The van der Waals surface area contributed by atoms with Gasteiger partial charge in [-0.15, -0.1) is 0 Å². The molecule has 0 spiro atoms. The van der Waals surface area contributed by atoms with Crippen LogP contribution in [0.5, 0.6) is 5.75 Å². The Hall–Kier alpha value is -4.12. The summed E-state index contributed by atoms with van der Waals surface area (Å²) in [6, 6.07) is 22.9. The number of hydrogen-bond acceptors (Lipinski definition) is 3. The smallest absolute Gasteiger partial charge is 0.328 e. The predicted octanol–water partition coefficient (Wildman–Crippen LogP) is 5.16. The van der Waals surface area contributed by atoms with Gasteiger partial charge in [-0.05, 0) is 53.6 Å². The minimum atomic E-state index is -1.02. The molecule has 0 aliphatic rings. The number of ether oxygens (including phenoxy) is 1. The average Bonchev–Trinajstić information content (AvgIpc) is 3.18. The van der Waals surface area contributed by atoms with Crippen LogP contribution in [-0.2, 0) is 11.2 Å². The van der Waals surface area contributed by atoms with E-state index in [0.29, 0.717) is 5.56 Å². The number of carbonyl (C=O) groups is 2. The summed E-state index contributed by atoms with van der Waals surface area (Å²) < 4.78 is 7.17. The van der Waals surface area contributed by atoms with E-state index in [0.717, 1.165) is 39.5 Å². The minimum Gasteiger partial charge on any atom is -0.497 e. The molecule has 0 amide bonds. The first kappa shape index (κ1) is 20.2. The van der Waals surface area contributed by atoms with E-state index in [2.05, 4.69) is 0 Å². The summed E-state index contributed by atoms with van der Waals surface area (Å²) in [6.07, 6.45) is 4.73. The van der Waals surface area contributed by atoms with Crippen molar-refractivity contribution in [1.29, 1.82) is 0 Å². The molecule has 0 saturated heterocycles. The van der Waals surface area contributed by atoms with Crippen molar-refractivity contribution >= 4 is 28.7 Å². The van der Waals surface area contributed by atoms with E-state index in [-0.39, 0.29) is 12.2 Å². The van der Waals surface area contributed by atoms with Crippen molar-refractivity contribution in [2.75, 3.05) is 7.11 Å².